The molecule has 0 bridgehead atoms. The predicted molar refractivity (Wildman–Crippen MR) is 314 cm³/mol. The Kier molecular flexibility index (Phi) is 10.7. The molecule has 9 aromatic carbocycles. The van der Waals surface area contributed by atoms with Crippen LogP contribution in [0.2, 0.25) is 0 Å². The normalized spacial score (nSPS) is 14.3. The fourth-order valence-corrected chi connectivity index (χ4v) is 12.0. The molecule has 0 fully saturated rings. The summed E-state index contributed by atoms with van der Waals surface area (Å²) in [5, 5.41) is 0. The molecule has 0 N–H and O–H groups in total. The third-order valence-corrected chi connectivity index (χ3v) is 16.1. The average Bonchev–Trinajstić information content (AvgIpc) is 3.61. The number of para-hydroxylation sites is 1. The number of benzene rings is 9. The van der Waals surface area contributed by atoms with Crippen molar-refractivity contribution in [3.63, 3.8) is 0 Å². The molecule has 1 aliphatic carbocycles. The summed E-state index contributed by atoms with van der Waals surface area (Å²) in [6, 6.07) is 76.0. The molecular weight excluding hydrogens is 882 g/mol. The van der Waals surface area contributed by atoms with Crippen molar-refractivity contribution in [3.8, 4) is 22.3 Å². The van der Waals surface area contributed by atoms with Crippen LogP contribution in [0, 0.1) is 0 Å². The Morgan fingerprint density at radius 3 is 1.56 bits per heavy atom. The third kappa shape index (κ3) is 7.72. The summed E-state index contributed by atoms with van der Waals surface area (Å²) in [6.45, 7) is 25.8. The molecule has 73 heavy (non-hydrogen) atoms. The van der Waals surface area contributed by atoms with E-state index in [9.17, 15) is 0 Å². The van der Waals surface area contributed by atoms with E-state index < -0.39 is 0 Å². The number of fused-ring (bicyclic) bond motifs is 7. The molecule has 3 nitrogen and oxygen atoms in total. The standard InChI is InChI=1S/C69H66BN3/c1-66(2,3)47-28-33-52(34-29-47)72-62-44-54(71(50-22-16-13-17-23-50)51-31-26-46(27-32-51)45-20-14-12-15-21-45)36-38-59(62)70-60-40-48(67(4,5)6)30-39-61(60)73(64-42-49(68(7,8)9)41-63(72)65(64)70)53-35-37-58-56(43-53)55-24-18-19-25-57(55)69(58,10)11/h12-44H,1-11H3. The van der Waals surface area contributed by atoms with Gasteiger partial charge in [-0.3, -0.25) is 0 Å². The van der Waals surface area contributed by atoms with Crippen LogP contribution in [0.5, 0.6) is 0 Å². The predicted octanol–water partition coefficient (Wildman–Crippen LogP) is 17.1. The molecular formula is C69H66BN3. The lowest BCUT2D eigenvalue weighted by Gasteiger charge is -2.45. The van der Waals surface area contributed by atoms with Gasteiger partial charge in [-0.1, -0.05) is 197 Å². The molecule has 0 aromatic heterocycles. The van der Waals surface area contributed by atoms with Crippen molar-refractivity contribution in [2.24, 2.45) is 0 Å². The van der Waals surface area contributed by atoms with Crippen molar-refractivity contribution in [1.29, 1.82) is 0 Å². The van der Waals surface area contributed by atoms with Crippen LogP contribution in [0.3, 0.4) is 0 Å². The number of hydrogen-bond acceptors (Lipinski definition) is 3. The van der Waals surface area contributed by atoms with Gasteiger partial charge in [0.1, 0.15) is 0 Å². The van der Waals surface area contributed by atoms with E-state index in [-0.39, 0.29) is 28.4 Å². The van der Waals surface area contributed by atoms with Gasteiger partial charge < -0.3 is 14.7 Å². The van der Waals surface area contributed by atoms with E-state index in [0.29, 0.717) is 0 Å². The van der Waals surface area contributed by atoms with E-state index in [1.807, 2.05) is 0 Å². The van der Waals surface area contributed by atoms with Crippen LogP contribution < -0.4 is 31.1 Å². The SMILES string of the molecule is CC(C)(C)c1ccc(N2c3cc(N(c4ccccc4)c4ccc(-c5ccccc5)cc4)ccc3B3c4cc(C(C)(C)C)ccc4N(c4ccc5c(c4)-c4ccccc4C5(C)C)c4cc(C(C)(C)C)cc2c43)cc1. The lowest BCUT2D eigenvalue weighted by Crippen LogP contribution is -2.61. The van der Waals surface area contributed by atoms with Crippen LogP contribution in [0.15, 0.2) is 200 Å². The monoisotopic (exact) mass is 948 g/mol. The van der Waals surface area contributed by atoms with E-state index in [1.54, 1.807) is 0 Å². The first-order valence-corrected chi connectivity index (χ1v) is 26.3. The molecule has 0 spiro atoms. The zero-order valence-electron chi connectivity index (χ0n) is 44.5. The Bertz CT molecular complexity index is 3590. The largest absolute Gasteiger partial charge is 0.311 e. The molecule has 360 valence electrons. The molecule has 2 aliphatic heterocycles. The van der Waals surface area contributed by atoms with Gasteiger partial charge in [0.05, 0.1) is 0 Å². The molecule has 0 saturated carbocycles. The molecule has 0 unspecified atom stereocenters. The maximum absolute atomic E-state index is 2.61. The number of nitrogens with zero attached hydrogens (tertiary/aromatic N) is 3. The van der Waals surface area contributed by atoms with Crippen molar-refractivity contribution in [3.05, 3.63) is 228 Å². The van der Waals surface area contributed by atoms with Crippen molar-refractivity contribution in [2.75, 3.05) is 14.7 Å². The molecule has 0 amide bonds. The van der Waals surface area contributed by atoms with Crippen LogP contribution in [-0.2, 0) is 21.7 Å². The highest BCUT2D eigenvalue weighted by molar-refractivity contribution is 7.00. The van der Waals surface area contributed by atoms with Crippen molar-refractivity contribution >= 4 is 74.3 Å². The van der Waals surface area contributed by atoms with Gasteiger partial charge in [0.25, 0.3) is 6.71 Å². The Hall–Kier alpha value is -7.56. The highest BCUT2D eigenvalue weighted by Crippen LogP contribution is 2.53. The summed E-state index contributed by atoms with van der Waals surface area (Å²) < 4.78 is 0. The van der Waals surface area contributed by atoms with Crippen molar-refractivity contribution in [1.82, 2.24) is 0 Å². The minimum Gasteiger partial charge on any atom is -0.311 e. The van der Waals surface area contributed by atoms with Gasteiger partial charge >= 0.3 is 0 Å². The zero-order chi connectivity index (χ0) is 50.8. The minimum absolute atomic E-state index is 0.00865. The first-order valence-electron chi connectivity index (χ1n) is 26.3. The number of rotatable bonds is 6. The second kappa shape index (κ2) is 16.8. The maximum atomic E-state index is 2.61. The molecule has 9 aromatic rings. The summed E-state index contributed by atoms with van der Waals surface area (Å²) in [4.78, 5) is 7.62. The van der Waals surface area contributed by atoms with Crippen molar-refractivity contribution < 1.29 is 0 Å². The number of hydrogen-bond donors (Lipinski definition) is 0. The van der Waals surface area contributed by atoms with E-state index in [1.165, 1.54) is 94.9 Å². The third-order valence-electron chi connectivity index (χ3n) is 16.1. The van der Waals surface area contributed by atoms with Gasteiger partial charge in [0.15, 0.2) is 0 Å². The Morgan fingerprint density at radius 1 is 0.370 bits per heavy atom. The first kappa shape index (κ1) is 46.5. The topological polar surface area (TPSA) is 9.72 Å². The van der Waals surface area contributed by atoms with Crippen LogP contribution >= 0.6 is 0 Å². The lowest BCUT2D eigenvalue weighted by molar-refractivity contribution is 0.590. The van der Waals surface area contributed by atoms with Crippen LogP contribution in [-0.4, -0.2) is 6.71 Å². The fraction of sp³-hybridized carbons (Fsp3) is 0.217. The average molecular weight is 948 g/mol. The molecule has 12 rings (SSSR count). The van der Waals surface area contributed by atoms with Crippen LogP contribution in [0.4, 0.5) is 51.2 Å². The van der Waals surface area contributed by atoms with Gasteiger partial charge in [0.2, 0.25) is 0 Å². The second-order valence-electron chi connectivity index (χ2n) is 24.3. The zero-order valence-corrected chi connectivity index (χ0v) is 44.5. The molecule has 0 saturated heterocycles. The van der Waals surface area contributed by atoms with Gasteiger partial charge in [-0.15, -0.1) is 0 Å². The quantitative estimate of drug-likeness (QED) is 0.154. The smallest absolute Gasteiger partial charge is 0.252 e. The van der Waals surface area contributed by atoms with Crippen molar-refractivity contribution in [2.45, 2.75) is 97.8 Å². The van der Waals surface area contributed by atoms with Crippen LogP contribution in [0.1, 0.15) is 104 Å². The molecule has 0 radical (unpaired) electrons. The van der Waals surface area contributed by atoms with Gasteiger partial charge in [-0.2, -0.15) is 0 Å². The fourth-order valence-electron chi connectivity index (χ4n) is 12.0. The molecule has 0 atom stereocenters. The summed E-state index contributed by atoms with van der Waals surface area (Å²) in [7, 11) is 0. The van der Waals surface area contributed by atoms with E-state index in [4.69, 9.17) is 0 Å². The summed E-state index contributed by atoms with van der Waals surface area (Å²) in [6.07, 6.45) is 0. The molecule has 4 heteroatoms. The van der Waals surface area contributed by atoms with E-state index >= 15 is 0 Å². The highest BCUT2D eigenvalue weighted by Gasteiger charge is 2.45. The van der Waals surface area contributed by atoms with E-state index in [2.05, 4.69) is 291 Å². The maximum Gasteiger partial charge on any atom is 0.252 e. The lowest BCUT2D eigenvalue weighted by atomic mass is 9.33. The molecule has 2 heterocycles. The van der Waals surface area contributed by atoms with Gasteiger partial charge in [0, 0.05) is 56.6 Å². The highest BCUT2D eigenvalue weighted by atomic mass is 15.2. The summed E-state index contributed by atoms with van der Waals surface area (Å²) >= 11 is 0. The molecule has 3 aliphatic rings. The Morgan fingerprint density at radius 2 is 0.904 bits per heavy atom. The Balaban J connectivity index is 1.13. The summed E-state index contributed by atoms with van der Waals surface area (Å²) in [5.74, 6) is 0. The van der Waals surface area contributed by atoms with Gasteiger partial charge in [-0.25, -0.2) is 0 Å². The first-order chi connectivity index (χ1) is 34.9. The summed E-state index contributed by atoms with van der Waals surface area (Å²) in [5.41, 5.74) is 26.0. The van der Waals surface area contributed by atoms with Crippen LogP contribution in [0.25, 0.3) is 22.3 Å². The second-order valence-corrected chi connectivity index (χ2v) is 24.3. The van der Waals surface area contributed by atoms with E-state index in [0.717, 1.165) is 22.7 Å². The number of anilines is 9. The van der Waals surface area contributed by atoms with Gasteiger partial charge in [-0.05, 0) is 162 Å². The Labute approximate surface area is 434 Å². The minimum atomic E-state index is -0.149.